The minimum absolute atomic E-state index is 0. The maximum Gasteiger partial charge on any atom is 0.161 e. The van der Waals surface area contributed by atoms with E-state index in [1.165, 1.54) is 36.8 Å². The molecule has 4 heteroatoms. The molecule has 1 aliphatic rings. The Morgan fingerprint density at radius 3 is 2.12 bits per heavy atom. The first-order valence-electron chi connectivity index (χ1n) is 9.07. The Kier molecular flexibility index (Phi) is 5.64. The summed E-state index contributed by atoms with van der Waals surface area (Å²) in [6, 6.07) is 20.6. The maximum atomic E-state index is 6.44. The van der Waals surface area contributed by atoms with Crippen LogP contribution in [0.3, 0.4) is 0 Å². The van der Waals surface area contributed by atoms with Crippen molar-refractivity contribution < 1.29 is 0 Å². The van der Waals surface area contributed by atoms with Gasteiger partial charge in [0.25, 0.3) is 0 Å². The maximum absolute atomic E-state index is 6.44. The first kappa shape index (κ1) is 18.1. The molecule has 0 aliphatic heterocycles. The molecule has 3 aromatic rings. The second-order valence-electron chi connectivity index (χ2n) is 6.80. The molecule has 0 amide bonds. The summed E-state index contributed by atoms with van der Waals surface area (Å²) in [5, 5.41) is 0. The molecule has 1 aromatic heterocycles. The van der Waals surface area contributed by atoms with E-state index in [-0.39, 0.29) is 6.15 Å². The molecule has 1 heterocycles. The van der Waals surface area contributed by atoms with Crippen LogP contribution in [0.25, 0.3) is 11.4 Å². The van der Waals surface area contributed by atoms with Gasteiger partial charge in [-0.2, -0.15) is 0 Å². The molecule has 4 nitrogen and oxygen atoms in total. The van der Waals surface area contributed by atoms with Crippen molar-refractivity contribution in [2.45, 2.75) is 38.0 Å². The van der Waals surface area contributed by atoms with Gasteiger partial charge in [-0.1, -0.05) is 73.5 Å². The van der Waals surface area contributed by atoms with Crippen molar-refractivity contribution in [1.82, 2.24) is 16.1 Å². The van der Waals surface area contributed by atoms with Gasteiger partial charge in [-0.3, -0.25) is 0 Å². The Morgan fingerprint density at radius 1 is 0.846 bits per heavy atom. The van der Waals surface area contributed by atoms with Crippen LogP contribution in [0.5, 0.6) is 0 Å². The molecule has 1 fully saturated rings. The van der Waals surface area contributed by atoms with Gasteiger partial charge < -0.3 is 11.9 Å². The van der Waals surface area contributed by atoms with E-state index in [2.05, 4.69) is 29.2 Å². The molecule has 0 bridgehead atoms. The Bertz CT molecular complexity index is 841. The van der Waals surface area contributed by atoms with Gasteiger partial charge in [0.2, 0.25) is 0 Å². The van der Waals surface area contributed by atoms with E-state index in [1.807, 2.05) is 36.4 Å². The second-order valence-corrected chi connectivity index (χ2v) is 6.80. The fraction of sp³-hybridized carbons (Fsp3) is 0.273. The Morgan fingerprint density at radius 2 is 1.46 bits per heavy atom. The zero-order valence-corrected chi connectivity index (χ0v) is 15.1. The third-order valence-electron chi connectivity index (χ3n) is 5.06. The van der Waals surface area contributed by atoms with E-state index in [9.17, 15) is 0 Å². The summed E-state index contributed by atoms with van der Waals surface area (Å²) in [6.45, 7) is 0. The normalized spacial score (nSPS) is 14.2. The van der Waals surface area contributed by atoms with Gasteiger partial charge in [-0.05, 0) is 24.3 Å². The van der Waals surface area contributed by atoms with Crippen LogP contribution < -0.4 is 11.9 Å². The minimum atomic E-state index is 0. The van der Waals surface area contributed by atoms with Crippen molar-refractivity contribution in [3.8, 4) is 11.4 Å². The lowest BCUT2D eigenvalue weighted by Crippen LogP contribution is -2.11. The number of hydrogen-bond acceptors (Lipinski definition) is 4. The molecule has 134 valence electrons. The molecule has 1 saturated carbocycles. The van der Waals surface area contributed by atoms with Crippen LogP contribution in [0.4, 0.5) is 5.82 Å². The predicted octanol–water partition coefficient (Wildman–Crippen LogP) is 5.14. The van der Waals surface area contributed by atoms with Crippen LogP contribution in [0.15, 0.2) is 60.7 Å². The molecule has 0 atom stereocenters. The third-order valence-corrected chi connectivity index (χ3v) is 5.06. The molecule has 4 rings (SSSR count). The first-order valence-corrected chi connectivity index (χ1v) is 9.07. The van der Waals surface area contributed by atoms with Gasteiger partial charge in [0, 0.05) is 17.5 Å². The molecule has 0 radical (unpaired) electrons. The topological polar surface area (TPSA) is 86.8 Å². The van der Waals surface area contributed by atoms with E-state index in [4.69, 9.17) is 10.7 Å². The lowest BCUT2D eigenvalue weighted by atomic mass is 9.93. The molecular formula is C22H26N4. The van der Waals surface area contributed by atoms with Gasteiger partial charge in [0.15, 0.2) is 5.82 Å². The number of rotatable bonds is 4. The van der Waals surface area contributed by atoms with Crippen LogP contribution in [0.2, 0.25) is 0 Å². The number of aromatic nitrogens is 2. The minimum Gasteiger partial charge on any atom is -0.383 e. The van der Waals surface area contributed by atoms with Crippen molar-refractivity contribution in [2.24, 2.45) is 0 Å². The molecule has 0 saturated heterocycles. The van der Waals surface area contributed by atoms with Gasteiger partial charge in [-0.25, -0.2) is 9.97 Å². The summed E-state index contributed by atoms with van der Waals surface area (Å²) < 4.78 is 0. The fourth-order valence-electron chi connectivity index (χ4n) is 3.83. The van der Waals surface area contributed by atoms with Crippen molar-refractivity contribution in [1.29, 1.82) is 0 Å². The molecule has 0 unspecified atom stereocenters. The van der Waals surface area contributed by atoms with Gasteiger partial charge in [0.1, 0.15) is 5.82 Å². The summed E-state index contributed by atoms with van der Waals surface area (Å²) in [5.74, 6) is 1.89. The molecule has 5 N–H and O–H groups in total. The number of nitrogens with zero attached hydrogens (tertiary/aromatic N) is 2. The van der Waals surface area contributed by atoms with Crippen molar-refractivity contribution in [3.63, 3.8) is 0 Å². The van der Waals surface area contributed by atoms with E-state index in [1.54, 1.807) is 0 Å². The van der Waals surface area contributed by atoms with E-state index < -0.39 is 0 Å². The lowest BCUT2D eigenvalue weighted by molar-refractivity contribution is 0.705. The van der Waals surface area contributed by atoms with Gasteiger partial charge >= 0.3 is 0 Å². The summed E-state index contributed by atoms with van der Waals surface area (Å²) in [6.07, 6.45) is 5.74. The highest BCUT2D eigenvalue weighted by Crippen LogP contribution is 2.39. The average molecular weight is 346 g/mol. The van der Waals surface area contributed by atoms with Crippen molar-refractivity contribution in [3.05, 3.63) is 77.5 Å². The number of benzene rings is 2. The summed E-state index contributed by atoms with van der Waals surface area (Å²) in [7, 11) is 0. The van der Waals surface area contributed by atoms with Crippen LogP contribution in [-0.4, -0.2) is 9.97 Å². The van der Waals surface area contributed by atoms with Gasteiger partial charge in [-0.15, -0.1) is 0 Å². The Labute approximate surface area is 155 Å². The molecule has 2 aromatic carbocycles. The standard InChI is InChI=1S/C22H23N3.H3N/c23-21-20(17-11-7-8-12-17)19(15-16-9-3-1-4-10-16)24-22(25-21)18-13-5-2-6-14-18;/h1-6,9-10,13-14,17H,7-8,11-12,15H2,(H2,23,24,25);1H3. The van der Waals surface area contributed by atoms with E-state index in [0.29, 0.717) is 11.7 Å². The van der Waals surface area contributed by atoms with Crippen LogP contribution >= 0.6 is 0 Å². The quantitative estimate of drug-likeness (QED) is 0.685. The van der Waals surface area contributed by atoms with E-state index >= 15 is 0 Å². The largest absolute Gasteiger partial charge is 0.383 e. The monoisotopic (exact) mass is 346 g/mol. The lowest BCUT2D eigenvalue weighted by Gasteiger charge is -2.18. The molecular weight excluding hydrogens is 320 g/mol. The van der Waals surface area contributed by atoms with Crippen LogP contribution in [0.1, 0.15) is 48.4 Å². The zero-order valence-electron chi connectivity index (χ0n) is 15.1. The average Bonchev–Trinajstić information content (AvgIpc) is 3.17. The highest BCUT2D eigenvalue weighted by molar-refractivity contribution is 5.59. The number of nitrogen functional groups attached to an aromatic ring is 1. The zero-order chi connectivity index (χ0) is 17.1. The van der Waals surface area contributed by atoms with Gasteiger partial charge in [0.05, 0.1) is 5.69 Å². The third kappa shape index (κ3) is 3.75. The highest BCUT2D eigenvalue weighted by atomic mass is 15.0. The SMILES string of the molecule is N.Nc1nc(-c2ccccc2)nc(Cc2ccccc2)c1C1CCCC1. The van der Waals surface area contributed by atoms with Crippen molar-refractivity contribution >= 4 is 5.82 Å². The van der Waals surface area contributed by atoms with Crippen molar-refractivity contribution in [2.75, 3.05) is 5.73 Å². The smallest absolute Gasteiger partial charge is 0.161 e. The molecule has 0 spiro atoms. The summed E-state index contributed by atoms with van der Waals surface area (Å²) in [5.41, 5.74) is 11.0. The Balaban J connectivity index is 0.00000196. The Hall–Kier alpha value is -2.72. The summed E-state index contributed by atoms with van der Waals surface area (Å²) in [4.78, 5) is 9.61. The molecule has 1 aliphatic carbocycles. The number of hydrogen-bond donors (Lipinski definition) is 2. The highest BCUT2D eigenvalue weighted by Gasteiger charge is 2.25. The summed E-state index contributed by atoms with van der Waals surface area (Å²) >= 11 is 0. The predicted molar refractivity (Wildman–Crippen MR) is 107 cm³/mol. The van der Waals surface area contributed by atoms with E-state index in [0.717, 1.165) is 23.5 Å². The number of anilines is 1. The number of nitrogens with two attached hydrogens (primary N) is 1. The molecule has 26 heavy (non-hydrogen) atoms. The van der Waals surface area contributed by atoms with Crippen LogP contribution in [0, 0.1) is 0 Å². The first-order chi connectivity index (χ1) is 12.3. The van der Waals surface area contributed by atoms with Crippen LogP contribution in [-0.2, 0) is 6.42 Å². The second kappa shape index (κ2) is 8.11. The fourth-order valence-corrected chi connectivity index (χ4v) is 3.83.